The number of nitrogens with zero attached hydrogens (tertiary/aromatic N) is 4. The summed E-state index contributed by atoms with van der Waals surface area (Å²) in [7, 11) is 1.89. The molecule has 0 saturated carbocycles. The van der Waals surface area contributed by atoms with Crippen LogP contribution in [0.5, 0.6) is 0 Å². The van der Waals surface area contributed by atoms with Crippen molar-refractivity contribution in [2.75, 3.05) is 13.7 Å². The maximum absolute atomic E-state index is 13.4. The largest absolute Gasteiger partial charge is 0.326 e. The van der Waals surface area contributed by atoms with E-state index in [4.69, 9.17) is 0 Å². The number of hydrogen-bond donors (Lipinski definition) is 1. The molecular weight excluding hydrogens is 426 g/mol. The first-order valence-electron chi connectivity index (χ1n) is 11.3. The van der Waals surface area contributed by atoms with E-state index in [2.05, 4.69) is 22.5 Å². The number of nitrogens with one attached hydrogen (secondary N) is 1. The number of rotatable bonds is 7. The molecule has 1 saturated heterocycles. The molecule has 34 heavy (non-hydrogen) atoms. The van der Waals surface area contributed by atoms with Gasteiger partial charge in [0.2, 0.25) is 0 Å². The molecule has 0 bridgehead atoms. The molecule has 5 rings (SSSR count). The van der Waals surface area contributed by atoms with Gasteiger partial charge in [-0.1, -0.05) is 66.7 Å². The number of urea groups is 1. The zero-order valence-corrected chi connectivity index (χ0v) is 19.3. The number of imide groups is 1. The molecule has 1 aromatic heterocycles. The molecule has 3 amide bonds. The highest BCUT2D eigenvalue weighted by molar-refractivity contribution is 6.07. The normalized spacial score (nSPS) is 18.1. The Kier molecular flexibility index (Phi) is 5.63. The molecule has 7 nitrogen and oxygen atoms in total. The summed E-state index contributed by atoms with van der Waals surface area (Å²) in [5.74, 6) is -0.251. The number of hydrogen-bond acceptors (Lipinski definition) is 4. The maximum atomic E-state index is 13.4. The molecule has 7 heteroatoms. The van der Waals surface area contributed by atoms with Gasteiger partial charge in [-0.25, -0.2) is 9.69 Å². The first-order valence-corrected chi connectivity index (χ1v) is 11.3. The van der Waals surface area contributed by atoms with E-state index in [9.17, 15) is 9.59 Å². The van der Waals surface area contributed by atoms with Gasteiger partial charge in [0.1, 0.15) is 5.54 Å². The highest BCUT2D eigenvalue weighted by Crippen LogP contribution is 2.31. The molecule has 0 aliphatic carbocycles. The molecule has 0 spiro atoms. The monoisotopic (exact) mass is 453 g/mol. The Balaban J connectivity index is 1.26. The van der Waals surface area contributed by atoms with E-state index < -0.39 is 5.54 Å². The number of amides is 3. The lowest BCUT2D eigenvalue weighted by Crippen LogP contribution is -2.42. The third-order valence-corrected chi connectivity index (χ3v) is 6.31. The first-order chi connectivity index (χ1) is 16.4. The molecule has 4 aromatic rings. The van der Waals surface area contributed by atoms with Crippen molar-refractivity contribution in [1.82, 2.24) is 24.9 Å². The summed E-state index contributed by atoms with van der Waals surface area (Å²) in [4.78, 5) is 29.4. The smallest absolute Gasteiger partial charge is 0.319 e. The molecule has 1 aliphatic heterocycles. The second-order valence-corrected chi connectivity index (χ2v) is 9.04. The topological polar surface area (TPSA) is 70.5 Å². The lowest BCUT2D eigenvalue weighted by molar-refractivity contribution is -0.132. The summed E-state index contributed by atoms with van der Waals surface area (Å²) >= 11 is 0. The van der Waals surface area contributed by atoms with Crippen molar-refractivity contribution in [2.45, 2.75) is 25.6 Å². The van der Waals surface area contributed by atoms with Crippen LogP contribution in [0.2, 0.25) is 0 Å². The Morgan fingerprint density at radius 3 is 2.47 bits per heavy atom. The summed E-state index contributed by atoms with van der Waals surface area (Å²) in [6.07, 6.45) is 3.82. The number of carbonyl (C=O) groups is 2. The predicted molar refractivity (Wildman–Crippen MR) is 131 cm³/mol. The number of aromatic nitrogens is 2. The fraction of sp³-hybridized carbons (Fsp3) is 0.222. The van der Waals surface area contributed by atoms with Crippen molar-refractivity contribution in [1.29, 1.82) is 0 Å². The Hall–Kier alpha value is -3.97. The molecule has 1 N–H and O–H groups in total. The third-order valence-electron chi connectivity index (χ3n) is 6.31. The highest BCUT2D eigenvalue weighted by atomic mass is 16.2. The van der Waals surface area contributed by atoms with Crippen LogP contribution < -0.4 is 5.32 Å². The van der Waals surface area contributed by atoms with Gasteiger partial charge in [0.25, 0.3) is 5.91 Å². The van der Waals surface area contributed by atoms with Crippen LogP contribution in [-0.2, 0) is 23.4 Å². The Labute approximate surface area is 198 Å². The Morgan fingerprint density at radius 2 is 1.68 bits per heavy atom. The van der Waals surface area contributed by atoms with E-state index in [1.54, 1.807) is 6.92 Å². The summed E-state index contributed by atoms with van der Waals surface area (Å²) in [5, 5.41) is 9.48. The van der Waals surface area contributed by atoms with Gasteiger partial charge in [-0.15, -0.1) is 0 Å². The van der Waals surface area contributed by atoms with Crippen molar-refractivity contribution < 1.29 is 9.59 Å². The molecular formula is C27H27N5O2. The average Bonchev–Trinajstić information content (AvgIpc) is 3.36. The molecule has 1 fully saturated rings. The summed E-state index contributed by atoms with van der Waals surface area (Å²) in [6.45, 7) is 3.23. The van der Waals surface area contributed by atoms with E-state index in [-0.39, 0.29) is 18.6 Å². The van der Waals surface area contributed by atoms with Crippen LogP contribution in [0.15, 0.2) is 85.2 Å². The maximum Gasteiger partial charge on any atom is 0.326 e. The van der Waals surface area contributed by atoms with Crippen molar-refractivity contribution in [3.8, 4) is 0 Å². The second kappa shape index (κ2) is 8.76. The third kappa shape index (κ3) is 4.18. The van der Waals surface area contributed by atoms with Crippen LogP contribution in [0, 0.1) is 0 Å². The summed E-state index contributed by atoms with van der Waals surface area (Å²) in [6, 6.07) is 23.6. The van der Waals surface area contributed by atoms with Crippen LogP contribution in [0.1, 0.15) is 23.6 Å². The van der Waals surface area contributed by atoms with Crippen LogP contribution >= 0.6 is 0 Å². The van der Waals surface area contributed by atoms with Gasteiger partial charge in [-0.3, -0.25) is 14.4 Å². The van der Waals surface area contributed by atoms with E-state index >= 15 is 0 Å². The molecule has 3 aromatic carbocycles. The van der Waals surface area contributed by atoms with Crippen molar-refractivity contribution >= 4 is 22.7 Å². The van der Waals surface area contributed by atoms with Crippen molar-refractivity contribution in [3.05, 3.63) is 102 Å². The number of carbonyl (C=O) groups excluding carboxylic acids is 2. The Morgan fingerprint density at radius 1 is 0.941 bits per heavy atom. The molecule has 1 unspecified atom stereocenters. The minimum atomic E-state index is -1.09. The SMILES string of the molecule is CN(Cc1cnn(Cc2ccccc2)c1)CN1C(=O)NC(C)(c2ccc3ccccc3c2)C1=O. The zero-order valence-electron chi connectivity index (χ0n) is 19.3. The van der Waals surface area contributed by atoms with Crippen LogP contribution in [0.3, 0.4) is 0 Å². The highest BCUT2D eigenvalue weighted by Gasteiger charge is 2.49. The van der Waals surface area contributed by atoms with Crippen LogP contribution in [0.25, 0.3) is 10.8 Å². The van der Waals surface area contributed by atoms with E-state index in [0.717, 1.165) is 21.9 Å². The minimum absolute atomic E-state index is 0.192. The molecule has 1 atom stereocenters. The molecule has 0 radical (unpaired) electrons. The van der Waals surface area contributed by atoms with Gasteiger partial charge < -0.3 is 5.32 Å². The second-order valence-electron chi connectivity index (χ2n) is 9.04. The van der Waals surface area contributed by atoms with Crippen LogP contribution in [0.4, 0.5) is 4.79 Å². The van der Waals surface area contributed by atoms with Gasteiger partial charge in [0.05, 0.1) is 19.4 Å². The zero-order chi connectivity index (χ0) is 23.7. The molecule has 172 valence electrons. The lowest BCUT2D eigenvalue weighted by atomic mass is 9.90. The van der Waals surface area contributed by atoms with Gasteiger partial charge >= 0.3 is 6.03 Å². The van der Waals surface area contributed by atoms with Crippen molar-refractivity contribution in [2.24, 2.45) is 0 Å². The van der Waals surface area contributed by atoms with Gasteiger partial charge in [0.15, 0.2) is 0 Å². The van der Waals surface area contributed by atoms with Gasteiger partial charge in [-0.05, 0) is 41.9 Å². The van der Waals surface area contributed by atoms with E-state index in [1.165, 1.54) is 10.5 Å². The number of benzene rings is 3. The quantitative estimate of drug-likeness (QED) is 0.430. The fourth-order valence-electron chi connectivity index (χ4n) is 4.47. The van der Waals surface area contributed by atoms with Gasteiger partial charge in [0, 0.05) is 18.3 Å². The fourth-order valence-corrected chi connectivity index (χ4v) is 4.47. The molecule has 2 heterocycles. The first kappa shape index (κ1) is 21.9. The summed E-state index contributed by atoms with van der Waals surface area (Å²) in [5.41, 5.74) is 1.88. The van der Waals surface area contributed by atoms with E-state index in [0.29, 0.717) is 13.1 Å². The van der Waals surface area contributed by atoms with E-state index in [1.807, 2.05) is 89.7 Å². The number of fused-ring (bicyclic) bond motifs is 1. The standard InChI is InChI=1S/C27H27N5O2/c1-27(24-13-12-22-10-6-7-11-23(22)14-24)25(33)32(26(34)29-27)19-30(2)16-21-15-28-31(18-21)17-20-8-4-3-5-9-20/h3-15,18H,16-17,19H2,1-2H3,(H,29,34). The van der Waals surface area contributed by atoms with Crippen molar-refractivity contribution in [3.63, 3.8) is 0 Å². The summed E-state index contributed by atoms with van der Waals surface area (Å²) < 4.78 is 1.89. The molecule has 1 aliphatic rings. The average molecular weight is 454 g/mol. The lowest BCUT2D eigenvalue weighted by Gasteiger charge is -2.25. The van der Waals surface area contributed by atoms with Gasteiger partial charge in [-0.2, -0.15) is 5.10 Å². The predicted octanol–water partition coefficient (Wildman–Crippen LogP) is 3.94. The Bertz CT molecular complexity index is 1350. The minimum Gasteiger partial charge on any atom is -0.319 e. The van der Waals surface area contributed by atoms with Crippen LogP contribution in [-0.4, -0.2) is 45.2 Å².